The SMILES string of the molecule is O=C(/C=C/c1cccc(/C=C/C(=O)N2CCCc3ccccc32)n1)NO. The van der Waals surface area contributed by atoms with Crippen molar-refractivity contribution in [2.24, 2.45) is 0 Å². The van der Waals surface area contributed by atoms with Crippen molar-refractivity contribution in [3.8, 4) is 0 Å². The summed E-state index contributed by atoms with van der Waals surface area (Å²) < 4.78 is 0. The molecule has 2 amide bonds. The number of nitrogens with zero attached hydrogens (tertiary/aromatic N) is 2. The van der Waals surface area contributed by atoms with E-state index in [2.05, 4.69) is 11.1 Å². The molecule has 1 aromatic carbocycles. The van der Waals surface area contributed by atoms with Gasteiger partial charge in [0, 0.05) is 24.4 Å². The number of hydroxylamine groups is 1. The Morgan fingerprint density at radius 3 is 2.54 bits per heavy atom. The van der Waals surface area contributed by atoms with E-state index in [1.54, 1.807) is 29.2 Å². The van der Waals surface area contributed by atoms with Gasteiger partial charge in [-0.1, -0.05) is 24.3 Å². The maximum absolute atomic E-state index is 12.6. The molecule has 26 heavy (non-hydrogen) atoms. The Morgan fingerprint density at radius 1 is 1.04 bits per heavy atom. The molecule has 0 atom stereocenters. The first kappa shape index (κ1) is 17.6. The van der Waals surface area contributed by atoms with E-state index in [0.29, 0.717) is 17.9 Å². The van der Waals surface area contributed by atoms with Gasteiger partial charge in [0.05, 0.1) is 11.4 Å². The number of hydrogen-bond donors (Lipinski definition) is 2. The fourth-order valence-corrected chi connectivity index (χ4v) is 2.86. The minimum absolute atomic E-state index is 0.0837. The lowest BCUT2D eigenvalue weighted by Gasteiger charge is -2.28. The molecule has 1 aliphatic rings. The van der Waals surface area contributed by atoms with Gasteiger partial charge >= 0.3 is 0 Å². The molecule has 6 heteroatoms. The zero-order valence-electron chi connectivity index (χ0n) is 14.1. The van der Waals surface area contributed by atoms with Crippen LogP contribution in [0.25, 0.3) is 12.2 Å². The van der Waals surface area contributed by atoms with Crippen molar-refractivity contribution in [2.75, 3.05) is 11.4 Å². The van der Waals surface area contributed by atoms with Crippen molar-refractivity contribution >= 4 is 29.7 Å². The van der Waals surface area contributed by atoms with Gasteiger partial charge in [0.2, 0.25) is 0 Å². The van der Waals surface area contributed by atoms with E-state index < -0.39 is 5.91 Å². The van der Waals surface area contributed by atoms with Crippen LogP contribution in [0.15, 0.2) is 54.6 Å². The van der Waals surface area contributed by atoms with E-state index in [0.717, 1.165) is 18.5 Å². The Morgan fingerprint density at radius 2 is 1.77 bits per heavy atom. The number of para-hydroxylation sites is 1. The number of anilines is 1. The second-order valence-electron chi connectivity index (χ2n) is 5.85. The Kier molecular flexibility index (Phi) is 5.56. The van der Waals surface area contributed by atoms with Crippen LogP contribution in [0.4, 0.5) is 5.69 Å². The first-order chi connectivity index (χ1) is 12.7. The van der Waals surface area contributed by atoms with Gasteiger partial charge in [0.1, 0.15) is 0 Å². The molecule has 3 rings (SSSR count). The molecule has 0 unspecified atom stereocenters. The van der Waals surface area contributed by atoms with Crippen LogP contribution < -0.4 is 10.4 Å². The Balaban J connectivity index is 1.73. The van der Waals surface area contributed by atoms with E-state index >= 15 is 0 Å². The molecular formula is C20H19N3O3. The van der Waals surface area contributed by atoms with Gasteiger partial charge in [-0.3, -0.25) is 14.8 Å². The molecule has 6 nitrogen and oxygen atoms in total. The fraction of sp³-hybridized carbons (Fsp3) is 0.150. The molecular weight excluding hydrogens is 330 g/mol. The summed E-state index contributed by atoms with van der Waals surface area (Å²) in [6, 6.07) is 13.2. The lowest BCUT2D eigenvalue weighted by Crippen LogP contribution is -2.34. The van der Waals surface area contributed by atoms with E-state index in [-0.39, 0.29) is 5.91 Å². The Bertz CT molecular complexity index is 874. The number of fused-ring (bicyclic) bond motifs is 1. The predicted molar refractivity (Wildman–Crippen MR) is 99.4 cm³/mol. The monoisotopic (exact) mass is 349 g/mol. The minimum Gasteiger partial charge on any atom is -0.309 e. The molecule has 0 bridgehead atoms. The molecule has 0 radical (unpaired) electrons. The van der Waals surface area contributed by atoms with Gasteiger partial charge < -0.3 is 4.90 Å². The smallest absolute Gasteiger partial charge is 0.267 e. The number of benzene rings is 1. The van der Waals surface area contributed by atoms with Crippen LogP contribution in [0.5, 0.6) is 0 Å². The Hall–Kier alpha value is -3.25. The highest BCUT2D eigenvalue weighted by Crippen LogP contribution is 2.26. The lowest BCUT2D eigenvalue weighted by atomic mass is 10.0. The summed E-state index contributed by atoms with van der Waals surface area (Å²) in [7, 11) is 0. The number of aryl methyl sites for hydroxylation is 1. The van der Waals surface area contributed by atoms with Crippen molar-refractivity contribution in [1.29, 1.82) is 0 Å². The summed E-state index contributed by atoms with van der Waals surface area (Å²) in [6.45, 7) is 0.701. The molecule has 0 spiro atoms. The zero-order valence-corrected chi connectivity index (χ0v) is 14.1. The van der Waals surface area contributed by atoms with E-state index in [4.69, 9.17) is 5.21 Å². The van der Waals surface area contributed by atoms with Crippen molar-refractivity contribution in [2.45, 2.75) is 12.8 Å². The van der Waals surface area contributed by atoms with Gasteiger partial charge in [0.25, 0.3) is 11.8 Å². The van der Waals surface area contributed by atoms with Crippen LogP contribution in [0.1, 0.15) is 23.4 Å². The second-order valence-corrected chi connectivity index (χ2v) is 5.85. The summed E-state index contributed by atoms with van der Waals surface area (Å²) in [5, 5.41) is 8.48. The average molecular weight is 349 g/mol. The molecule has 0 fully saturated rings. The third-order valence-corrected chi connectivity index (χ3v) is 4.08. The number of aromatic nitrogens is 1. The summed E-state index contributed by atoms with van der Waals surface area (Å²) >= 11 is 0. The summed E-state index contributed by atoms with van der Waals surface area (Å²) in [4.78, 5) is 29.7. The van der Waals surface area contributed by atoms with Crippen molar-refractivity contribution in [3.63, 3.8) is 0 Å². The lowest BCUT2D eigenvalue weighted by molar-refractivity contribution is -0.124. The number of pyridine rings is 1. The number of hydrogen-bond acceptors (Lipinski definition) is 4. The standard InChI is InChI=1S/C20H19N3O3/c24-19(22-26)12-10-16-7-3-8-17(21-16)11-13-20(25)23-14-4-6-15-5-1-2-9-18(15)23/h1-3,5,7-13,26H,4,6,14H2,(H,22,24)/b12-10+,13-11+. The number of carbonyl (C=O) groups is 2. The normalized spacial score (nSPS) is 13.8. The molecule has 2 heterocycles. The van der Waals surface area contributed by atoms with E-state index in [1.165, 1.54) is 29.3 Å². The van der Waals surface area contributed by atoms with Crippen LogP contribution in [-0.2, 0) is 16.0 Å². The van der Waals surface area contributed by atoms with Crippen LogP contribution in [0.2, 0.25) is 0 Å². The summed E-state index contributed by atoms with van der Waals surface area (Å²) in [5.74, 6) is -0.716. The van der Waals surface area contributed by atoms with Crippen LogP contribution in [0, 0.1) is 0 Å². The summed E-state index contributed by atoms with van der Waals surface area (Å²) in [6.07, 6.45) is 7.75. The highest BCUT2D eigenvalue weighted by Gasteiger charge is 2.20. The number of carbonyl (C=O) groups excluding carboxylic acids is 2. The van der Waals surface area contributed by atoms with Crippen molar-refractivity contribution in [1.82, 2.24) is 10.5 Å². The van der Waals surface area contributed by atoms with Crippen LogP contribution >= 0.6 is 0 Å². The highest BCUT2D eigenvalue weighted by atomic mass is 16.5. The molecule has 1 aliphatic heterocycles. The van der Waals surface area contributed by atoms with Gasteiger partial charge in [-0.2, -0.15) is 0 Å². The molecule has 0 saturated carbocycles. The van der Waals surface area contributed by atoms with Gasteiger partial charge in [-0.05, 0) is 48.8 Å². The maximum Gasteiger partial charge on any atom is 0.267 e. The molecule has 0 aliphatic carbocycles. The Labute approximate surface area is 151 Å². The largest absolute Gasteiger partial charge is 0.309 e. The first-order valence-electron chi connectivity index (χ1n) is 8.34. The summed E-state index contributed by atoms with van der Waals surface area (Å²) in [5.41, 5.74) is 4.82. The molecule has 132 valence electrons. The predicted octanol–water partition coefficient (Wildman–Crippen LogP) is 2.59. The van der Waals surface area contributed by atoms with Crippen LogP contribution in [0.3, 0.4) is 0 Å². The molecule has 2 aromatic rings. The van der Waals surface area contributed by atoms with Gasteiger partial charge in [-0.15, -0.1) is 0 Å². The van der Waals surface area contributed by atoms with Crippen LogP contribution in [-0.4, -0.2) is 28.6 Å². The fourth-order valence-electron chi connectivity index (χ4n) is 2.86. The average Bonchev–Trinajstić information content (AvgIpc) is 2.70. The maximum atomic E-state index is 12.6. The van der Waals surface area contributed by atoms with Crippen molar-refractivity contribution < 1.29 is 14.8 Å². The third-order valence-electron chi connectivity index (χ3n) is 4.08. The van der Waals surface area contributed by atoms with Gasteiger partial charge in [0.15, 0.2) is 0 Å². The number of nitrogens with one attached hydrogen (secondary N) is 1. The third kappa shape index (κ3) is 4.23. The quantitative estimate of drug-likeness (QED) is 0.505. The molecule has 2 N–H and O–H groups in total. The first-order valence-corrected chi connectivity index (χ1v) is 8.34. The van der Waals surface area contributed by atoms with E-state index in [9.17, 15) is 9.59 Å². The topological polar surface area (TPSA) is 82.5 Å². The van der Waals surface area contributed by atoms with Gasteiger partial charge in [-0.25, -0.2) is 10.5 Å². The highest BCUT2D eigenvalue weighted by molar-refractivity contribution is 6.04. The minimum atomic E-state index is -0.633. The molecule has 1 aromatic heterocycles. The number of amides is 2. The second kappa shape index (κ2) is 8.22. The van der Waals surface area contributed by atoms with E-state index in [1.807, 2.05) is 18.2 Å². The molecule has 0 saturated heterocycles. The zero-order chi connectivity index (χ0) is 18.4. The van der Waals surface area contributed by atoms with Crippen molar-refractivity contribution in [3.05, 3.63) is 71.6 Å². The number of rotatable bonds is 4.